The summed E-state index contributed by atoms with van der Waals surface area (Å²) in [7, 11) is 0. The molecule has 2 rings (SSSR count). The molecule has 2 amide bonds. The molecule has 0 aromatic carbocycles. The second-order valence-electron chi connectivity index (χ2n) is 4.15. The number of anilines is 1. The molecule has 0 aliphatic heterocycles. The average molecular weight is 237 g/mol. The average Bonchev–Trinajstić information content (AvgIpc) is 3.02. The fourth-order valence-electron chi connectivity index (χ4n) is 1.60. The molecular formula is C10H15N5O2. The number of rotatable bonds is 5. The smallest absolute Gasteiger partial charge is 0.273 e. The first-order chi connectivity index (χ1) is 8.09. The predicted molar refractivity (Wildman–Crippen MR) is 61.1 cm³/mol. The summed E-state index contributed by atoms with van der Waals surface area (Å²) < 4.78 is 0. The number of H-pyrrole nitrogens is 1. The number of nitrogens with two attached hydrogens (primary N) is 2. The third-order valence-corrected chi connectivity index (χ3v) is 2.69. The first-order valence-electron chi connectivity index (χ1n) is 5.50. The van der Waals surface area contributed by atoms with E-state index >= 15 is 0 Å². The van der Waals surface area contributed by atoms with E-state index in [0.717, 1.165) is 18.5 Å². The van der Waals surface area contributed by atoms with Crippen LogP contribution >= 0.6 is 0 Å². The lowest BCUT2D eigenvalue weighted by atomic mass is 10.2. The molecule has 6 N–H and O–H groups in total. The van der Waals surface area contributed by atoms with Crippen LogP contribution < -0.4 is 16.8 Å². The number of carbonyl (C=O) groups is 2. The van der Waals surface area contributed by atoms with Gasteiger partial charge in [0.25, 0.3) is 5.91 Å². The quantitative estimate of drug-likeness (QED) is 0.549. The van der Waals surface area contributed by atoms with Gasteiger partial charge in [-0.2, -0.15) is 5.10 Å². The summed E-state index contributed by atoms with van der Waals surface area (Å²) in [6.45, 7) is 0.194. The fourth-order valence-corrected chi connectivity index (χ4v) is 1.60. The molecule has 1 aromatic heterocycles. The van der Waals surface area contributed by atoms with Gasteiger partial charge in [0, 0.05) is 18.9 Å². The van der Waals surface area contributed by atoms with Crippen molar-refractivity contribution in [3.05, 3.63) is 11.4 Å². The molecule has 0 radical (unpaired) electrons. The summed E-state index contributed by atoms with van der Waals surface area (Å²) >= 11 is 0. The predicted octanol–water partition coefficient (Wildman–Crippen LogP) is -0.526. The molecule has 92 valence electrons. The van der Waals surface area contributed by atoms with Crippen LogP contribution in [-0.4, -0.2) is 28.6 Å². The van der Waals surface area contributed by atoms with Crippen molar-refractivity contribution in [2.45, 2.75) is 25.2 Å². The molecule has 1 aliphatic rings. The van der Waals surface area contributed by atoms with Gasteiger partial charge >= 0.3 is 0 Å². The van der Waals surface area contributed by atoms with Gasteiger partial charge in [0.2, 0.25) is 5.91 Å². The van der Waals surface area contributed by atoms with Gasteiger partial charge in [0.15, 0.2) is 5.69 Å². The molecule has 0 unspecified atom stereocenters. The highest BCUT2D eigenvalue weighted by Crippen LogP contribution is 2.42. The second kappa shape index (κ2) is 4.44. The van der Waals surface area contributed by atoms with Gasteiger partial charge in [-0.05, 0) is 12.8 Å². The minimum atomic E-state index is -0.459. The Kier molecular flexibility index (Phi) is 2.99. The maximum absolute atomic E-state index is 11.7. The molecule has 1 aromatic rings. The van der Waals surface area contributed by atoms with E-state index in [1.165, 1.54) is 0 Å². The lowest BCUT2D eigenvalue weighted by Gasteiger charge is -2.01. The topological polar surface area (TPSA) is 127 Å². The summed E-state index contributed by atoms with van der Waals surface area (Å²) in [6, 6.07) is 0. The van der Waals surface area contributed by atoms with Gasteiger partial charge in [0.1, 0.15) is 0 Å². The van der Waals surface area contributed by atoms with Crippen molar-refractivity contribution < 1.29 is 9.59 Å². The third kappa shape index (κ3) is 2.55. The van der Waals surface area contributed by atoms with Crippen molar-refractivity contribution in [2.75, 3.05) is 12.3 Å². The molecule has 0 atom stereocenters. The standard InChI is InChI=1S/C10H15N5O2/c11-6(16)3-4-13-10(17)9-7(12)8(14-15-9)5-1-2-5/h5H,1-4,12H2,(H2,11,16)(H,13,17)(H,14,15). The molecule has 7 heteroatoms. The third-order valence-electron chi connectivity index (χ3n) is 2.69. The highest BCUT2D eigenvalue weighted by atomic mass is 16.2. The molecule has 0 bridgehead atoms. The number of hydrogen-bond donors (Lipinski definition) is 4. The van der Waals surface area contributed by atoms with E-state index in [0.29, 0.717) is 11.6 Å². The Hall–Kier alpha value is -2.05. The summed E-state index contributed by atoms with van der Waals surface area (Å²) in [5, 5.41) is 9.23. The Morgan fingerprint density at radius 1 is 1.47 bits per heavy atom. The zero-order chi connectivity index (χ0) is 12.4. The molecule has 1 fully saturated rings. The fraction of sp³-hybridized carbons (Fsp3) is 0.500. The van der Waals surface area contributed by atoms with E-state index in [-0.39, 0.29) is 24.6 Å². The van der Waals surface area contributed by atoms with Crippen LogP contribution in [0.2, 0.25) is 0 Å². The summed E-state index contributed by atoms with van der Waals surface area (Å²) in [5.41, 5.74) is 12.2. The Labute approximate surface area is 97.9 Å². The van der Waals surface area contributed by atoms with Crippen LogP contribution in [0.5, 0.6) is 0 Å². The number of nitrogens with one attached hydrogen (secondary N) is 2. The SMILES string of the molecule is NC(=O)CCNC(=O)c1n[nH]c(C2CC2)c1N. The van der Waals surface area contributed by atoms with E-state index in [1.807, 2.05) is 0 Å². The van der Waals surface area contributed by atoms with E-state index < -0.39 is 5.91 Å². The summed E-state index contributed by atoms with van der Waals surface area (Å²) in [4.78, 5) is 22.2. The lowest BCUT2D eigenvalue weighted by Crippen LogP contribution is -2.28. The largest absolute Gasteiger partial charge is 0.395 e. The van der Waals surface area contributed by atoms with E-state index in [1.54, 1.807) is 0 Å². The number of hydrogen-bond acceptors (Lipinski definition) is 4. The van der Waals surface area contributed by atoms with Crippen LogP contribution in [0.1, 0.15) is 41.4 Å². The molecule has 1 saturated carbocycles. The summed E-state index contributed by atoms with van der Waals surface area (Å²) in [5.74, 6) is -0.430. The Morgan fingerprint density at radius 2 is 2.18 bits per heavy atom. The van der Waals surface area contributed by atoms with Gasteiger partial charge in [0.05, 0.1) is 11.4 Å². The Balaban J connectivity index is 1.96. The Morgan fingerprint density at radius 3 is 2.76 bits per heavy atom. The first-order valence-corrected chi connectivity index (χ1v) is 5.50. The Bertz CT molecular complexity index is 450. The molecule has 0 saturated heterocycles. The van der Waals surface area contributed by atoms with Gasteiger partial charge in [-0.3, -0.25) is 14.7 Å². The highest BCUT2D eigenvalue weighted by molar-refractivity contribution is 5.97. The molecule has 17 heavy (non-hydrogen) atoms. The minimum Gasteiger partial charge on any atom is -0.395 e. The van der Waals surface area contributed by atoms with Crippen molar-refractivity contribution in [1.82, 2.24) is 15.5 Å². The van der Waals surface area contributed by atoms with Gasteiger partial charge < -0.3 is 16.8 Å². The zero-order valence-corrected chi connectivity index (χ0v) is 9.32. The number of primary amides is 1. The van der Waals surface area contributed by atoms with Crippen LogP contribution in [0.25, 0.3) is 0 Å². The van der Waals surface area contributed by atoms with E-state index in [9.17, 15) is 9.59 Å². The molecule has 1 aliphatic carbocycles. The molecule has 0 spiro atoms. The summed E-state index contributed by atoms with van der Waals surface area (Å²) in [6.07, 6.45) is 2.26. The van der Waals surface area contributed by atoms with E-state index in [4.69, 9.17) is 11.5 Å². The molecular weight excluding hydrogens is 222 g/mol. The van der Waals surface area contributed by atoms with Crippen molar-refractivity contribution in [3.63, 3.8) is 0 Å². The van der Waals surface area contributed by atoms with Crippen molar-refractivity contribution in [2.24, 2.45) is 5.73 Å². The van der Waals surface area contributed by atoms with Gasteiger partial charge in [-0.1, -0.05) is 0 Å². The van der Waals surface area contributed by atoms with Crippen LogP contribution in [0.4, 0.5) is 5.69 Å². The lowest BCUT2D eigenvalue weighted by molar-refractivity contribution is -0.117. The number of nitrogens with zero attached hydrogens (tertiary/aromatic N) is 1. The van der Waals surface area contributed by atoms with Gasteiger partial charge in [-0.15, -0.1) is 0 Å². The second-order valence-corrected chi connectivity index (χ2v) is 4.15. The van der Waals surface area contributed by atoms with Crippen LogP contribution in [-0.2, 0) is 4.79 Å². The number of amides is 2. The zero-order valence-electron chi connectivity index (χ0n) is 9.32. The number of nitrogen functional groups attached to an aromatic ring is 1. The van der Waals surface area contributed by atoms with Crippen molar-refractivity contribution in [3.8, 4) is 0 Å². The number of aromatic nitrogens is 2. The number of aromatic amines is 1. The van der Waals surface area contributed by atoms with Crippen LogP contribution in [0.3, 0.4) is 0 Å². The highest BCUT2D eigenvalue weighted by Gasteiger charge is 2.30. The van der Waals surface area contributed by atoms with Gasteiger partial charge in [-0.25, -0.2) is 0 Å². The minimum absolute atomic E-state index is 0.103. The number of carbonyl (C=O) groups excluding carboxylic acids is 2. The van der Waals surface area contributed by atoms with Crippen LogP contribution in [0, 0.1) is 0 Å². The maximum atomic E-state index is 11.7. The normalized spacial score (nSPS) is 14.6. The first kappa shape index (κ1) is 11.4. The van der Waals surface area contributed by atoms with E-state index in [2.05, 4.69) is 15.5 Å². The molecule has 1 heterocycles. The van der Waals surface area contributed by atoms with Crippen molar-refractivity contribution in [1.29, 1.82) is 0 Å². The maximum Gasteiger partial charge on any atom is 0.273 e. The molecule has 7 nitrogen and oxygen atoms in total. The van der Waals surface area contributed by atoms with Crippen molar-refractivity contribution >= 4 is 17.5 Å². The monoisotopic (exact) mass is 237 g/mol. The van der Waals surface area contributed by atoms with Crippen LogP contribution in [0.15, 0.2) is 0 Å².